The predicted octanol–water partition coefficient (Wildman–Crippen LogP) is 3.49. The fourth-order valence-electron chi connectivity index (χ4n) is 3.86. The molecule has 1 fully saturated rings. The van der Waals surface area contributed by atoms with Gasteiger partial charge in [0.05, 0.1) is 0 Å². The van der Waals surface area contributed by atoms with Crippen LogP contribution in [0.3, 0.4) is 0 Å². The zero-order valence-electron chi connectivity index (χ0n) is 12.2. The highest BCUT2D eigenvalue weighted by molar-refractivity contribution is 9.10. The number of hydrogen-bond donors (Lipinski definition) is 1. The van der Waals surface area contributed by atoms with Gasteiger partial charge in [-0.05, 0) is 67.8 Å². The van der Waals surface area contributed by atoms with Crippen molar-refractivity contribution >= 4 is 21.9 Å². The molecule has 0 aromatic heterocycles. The first kappa shape index (κ1) is 15.0. The van der Waals surface area contributed by atoms with Crippen LogP contribution in [0.4, 0.5) is 0 Å². The number of carboxylic acid groups (broad SMARTS) is 1. The van der Waals surface area contributed by atoms with Gasteiger partial charge in [0.1, 0.15) is 0 Å². The summed E-state index contributed by atoms with van der Waals surface area (Å²) in [5.41, 5.74) is 2.94. The second kappa shape index (κ2) is 6.49. The molecule has 114 valence electrons. The zero-order valence-corrected chi connectivity index (χ0v) is 13.8. The van der Waals surface area contributed by atoms with E-state index >= 15 is 0 Å². The van der Waals surface area contributed by atoms with Gasteiger partial charge in [-0.1, -0.05) is 22.0 Å². The first-order valence-corrected chi connectivity index (χ1v) is 8.64. The Balaban J connectivity index is 1.65. The molecule has 3 rings (SSSR count). The summed E-state index contributed by atoms with van der Waals surface area (Å²) in [7, 11) is 0. The van der Waals surface area contributed by atoms with Gasteiger partial charge in [-0.2, -0.15) is 0 Å². The second-order valence-electron chi connectivity index (χ2n) is 6.41. The van der Waals surface area contributed by atoms with Gasteiger partial charge < -0.3 is 5.11 Å². The average Bonchev–Trinajstić information content (AvgIpc) is 2.46. The Morgan fingerprint density at radius 3 is 3.00 bits per heavy atom. The molecule has 0 spiro atoms. The van der Waals surface area contributed by atoms with Crippen LogP contribution in [0, 0.1) is 5.92 Å². The molecule has 0 bridgehead atoms. The van der Waals surface area contributed by atoms with Crippen molar-refractivity contribution in [2.75, 3.05) is 13.1 Å². The van der Waals surface area contributed by atoms with Crippen molar-refractivity contribution in [1.82, 2.24) is 4.90 Å². The molecule has 1 aromatic rings. The minimum absolute atomic E-state index is 0.326. The van der Waals surface area contributed by atoms with Crippen molar-refractivity contribution in [3.05, 3.63) is 33.8 Å². The van der Waals surface area contributed by atoms with E-state index in [4.69, 9.17) is 5.11 Å². The molecule has 1 saturated heterocycles. The van der Waals surface area contributed by atoms with Crippen molar-refractivity contribution in [2.24, 2.45) is 5.92 Å². The highest BCUT2D eigenvalue weighted by Gasteiger charge is 2.29. The van der Waals surface area contributed by atoms with Crippen LogP contribution in [0.1, 0.15) is 36.8 Å². The Labute approximate surface area is 134 Å². The van der Waals surface area contributed by atoms with E-state index in [1.807, 2.05) is 0 Å². The Bertz CT molecular complexity index is 532. The standard InChI is InChI=1S/C17H22BrNO2/c18-15-5-3-14-10-16(6-4-13(14)9-15)19-7-1-2-12(11-19)8-17(20)21/h3,5,9,12,16H,1-2,4,6-8,10-11H2,(H,20,21). The molecule has 2 aliphatic rings. The van der Waals surface area contributed by atoms with Gasteiger partial charge in [0.15, 0.2) is 0 Å². The summed E-state index contributed by atoms with van der Waals surface area (Å²) in [6, 6.07) is 7.21. The molecular weight excluding hydrogens is 330 g/mol. The lowest BCUT2D eigenvalue weighted by molar-refractivity contribution is -0.138. The Morgan fingerprint density at radius 1 is 1.33 bits per heavy atom. The van der Waals surface area contributed by atoms with Gasteiger partial charge in [-0.3, -0.25) is 9.69 Å². The predicted molar refractivity (Wildman–Crippen MR) is 86.5 cm³/mol. The molecule has 0 saturated carbocycles. The number of fused-ring (bicyclic) bond motifs is 1. The molecule has 0 amide bonds. The number of rotatable bonds is 3. The van der Waals surface area contributed by atoms with E-state index in [1.165, 1.54) is 22.0 Å². The van der Waals surface area contributed by atoms with Gasteiger partial charge in [0.25, 0.3) is 0 Å². The molecule has 1 heterocycles. The Hall–Kier alpha value is -0.870. The van der Waals surface area contributed by atoms with Crippen LogP contribution in [-0.2, 0) is 17.6 Å². The zero-order chi connectivity index (χ0) is 14.8. The Morgan fingerprint density at radius 2 is 2.19 bits per heavy atom. The number of halogens is 1. The fourth-order valence-corrected chi connectivity index (χ4v) is 4.27. The highest BCUT2D eigenvalue weighted by Crippen LogP contribution is 2.30. The maximum absolute atomic E-state index is 10.9. The van der Waals surface area contributed by atoms with Gasteiger partial charge in [-0.15, -0.1) is 0 Å². The van der Waals surface area contributed by atoms with E-state index in [1.54, 1.807) is 0 Å². The smallest absolute Gasteiger partial charge is 0.303 e. The lowest BCUT2D eigenvalue weighted by Crippen LogP contribution is -2.45. The molecule has 1 aliphatic heterocycles. The second-order valence-corrected chi connectivity index (χ2v) is 7.33. The molecular formula is C17H22BrNO2. The largest absolute Gasteiger partial charge is 0.481 e. The SMILES string of the molecule is O=C(O)CC1CCCN(C2CCc3cc(Br)ccc3C2)C1. The monoisotopic (exact) mass is 351 g/mol. The van der Waals surface area contributed by atoms with Gasteiger partial charge in [-0.25, -0.2) is 0 Å². The highest BCUT2D eigenvalue weighted by atomic mass is 79.9. The number of aryl methyl sites for hydroxylation is 1. The molecule has 3 nitrogen and oxygen atoms in total. The van der Waals surface area contributed by atoms with Crippen molar-refractivity contribution in [2.45, 2.75) is 44.6 Å². The van der Waals surface area contributed by atoms with Crippen LogP contribution in [0.15, 0.2) is 22.7 Å². The summed E-state index contributed by atoms with van der Waals surface area (Å²) < 4.78 is 1.17. The van der Waals surface area contributed by atoms with Crippen molar-refractivity contribution in [3.8, 4) is 0 Å². The molecule has 1 aromatic carbocycles. The van der Waals surface area contributed by atoms with E-state index in [-0.39, 0.29) is 0 Å². The first-order valence-electron chi connectivity index (χ1n) is 7.85. The van der Waals surface area contributed by atoms with Gasteiger partial charge in [0.2, 0.25) is 0 Å². The number of hydrogen-bond acceptors (Lipinski definition) is 2. The average molecular weight is 352 g/mol. The summed E-state index contributed by atoms with van der Waals surface area (Å²) in [6.07, 6.45) is 5.98. The van der Waals surface area contributed by atoms with Gasteiger partial charge >= 0.3 is 5.97 Å². The van der Waals surface area contributed by atoms with E-state index in [0.29, 0.717) is 18.4 Å². The number of carbonyl (C=O) groups is 1. The summed E-state index contributed by atoms with van der Waals surface area (Å²) in [5, 5.41) is 9.00. The van der Waals surface area contributed by atoms with E-state index in [2.05, 4.69) is 39.0 Å². The fraction of sp³-hybridized carbons (Fsp3) is 0.588. The lowest BCUT2D eigenvalue weighted by atomic mass is 9.85. The van der Waals surface area contributed by atoms with Crippen LogP contribution in [0.25, 0.3) is 0 Å². The summed E-state index contributed by atoms with van der Waals surface area (Å²) in [4.78, 5) is 13.5. The van der Waals surface area contributed by atoms with E-state index in [0.717, 1.165) is 38.8 Å². The summed E-state index contributed by atoms with van der Waals surface area (Å²) in [5.74, 6) is -0.316. The molecule has 1 aliphatic carbocycles. The quantitative estimate of drug-likeness (QED) is 0.905. The summed E-state index contributed by atoms with van der Waals surface area (Å²) >= 11 is 3.55. The van der Waals surface area contributed by atoms with Crippen LogP contribution >= 0.6 is 15.9 Å². The summed E-state index contributed by atoms with van der Waals surface area (Å²) in [6.45, 7) is 2.09. The number of piperidine rings is 1. The number of nitrogens with zero attached hydrogens (tertiary/aromatic N) is 1. The third kappa shape index (κ3) is 3.67. The number of carboxylic acids is 1. The third-order valence-corrected chi connectivity index (χ3v) is 5.39. The molecule has 4 heteroatoms. The van der Waals surface area contributed by atoms with Crippen LogP contribution in [-0.4, -0.2) is 35.1 Å². The van der Waals surface area contributed by atoms with E-state index < -0.39 is 5.97 Å². The topological polar surface area (TPSA) is 40.5 Å². The molecule has 0 radical (unpaired) electrons. The van der Waals surface area contributed by atoms with Crippen molar-refractivity contribution in [3.63, 3.8) is 0 Å². The van der Waals surface area contributed by atoms with Crippen molar-refractivity contribution < 1.29 is 9.90 Å². The van der Waals surface area contributed by atoms with Crippen LogP contribution in [0.5, 0.6) is 0 Å². The molecule has 2 unspecified atom stereocenters. The third-order valence-electron chi connectivity index (χ3n) is 4.90. The maximum atomic E-state index is 10.9. The molecule has 21 heavy (non-hydrogen) atoms. The Kier molecular flexibility index (Phi) is 4.65. The van der Waals surface area contributed by atoms with Crippen LogP contribution in [0.2, 0.25) is 0 Å². The number of aliphatic carboxylic acids is 1. The molecule has 2 atom stereocenters. The maximum Gasteiger partial charge on any atom is 0.303 e. The van der Waals surface area contributed by atoms with Crippen LogP contribution < -0.4 is 0 Å². The lowest BCUT2D eigenvalue weighted by Gasteiger charge is -2.40. The number of benzene rings is 1. The van der Waals surface area contributed by atoms with Crippen molar-refractivity contribution in [1.29, 1.82) is 0 Å². The minimum atomic E-state index is -0.652. The minimum Gasteiger partial charge on any atom is -0.481 e. The molecule has 1 N–H and O–H groups in total. The van der Waals surface area contributed by atoms with E-state index in [9.17, 15) is 4.79 Å². The van der Waals surface area contributed by atoms with Gasteiger partial charge in [0, 0.05) is 23.5 Å². The number of likely N-dealkylation sites (tertiary alicyclic amines) is 1. The first-order chi connectivity index (χ1) is 10.1. The normalized spacial score (nSPS) is 26.3.